The van der Waals surface area contributed by atoms with Gasteiger partial charge >= 0.3 is 5.97 Å². The topological polar surface area (TPSA) is 83.1 Å². The Labute approximate surface area is 162 Å². The summed E-state index contributed by atoms with van der Waals surface area (Å²) in [5, 5.41) is 3.13. The highest BCUT2D eigenvalue weighted by Crippen LogP contribution is 2.29. The summed E-state index contributed by atoms with van der Waals surface area (Å²) in [7, 11) is 3.01. The van der Waals surface area contributed by atoms with Crippen LogP contribution >= 0.6 is 11.6 Å². The maximum Gasteiger partial charge on any atom is 0.344 e. The zero-order valence-electron chi connectivity index (χ0n) is 15.2. The lowest BCUT2D eigenvalue weighted by atomic mass is 10.2. The molecule has 1 atom stereocenters. The molecule has 0 aliphatic rings. The molecule has 1 N–H and O–H groups in total. The summed E-state index contributed by atoms with van der Waals surface area (Å²) >= 11 is 5.84. The second-order valence-electron chi connectivity index (χ2n) is 5.44. The highest BCUT2D eigenvalue weighted by molar-refractivity contribution is 6.30. The first kappa shape index (κ1) is 20.4. The lowest BCUT2D eigenvalue weighted by Crippen LogP contribution is -2.31. The van der Waals surface area contributed by atoms with Crippen LogP contribution in [0, 0.1) is 0 Å². The van der Waals surface area contributed by atoms with Gasteiger partial charge in [-0.15, -0.1) is 0 Å². The van der Waals surface area contributed by atoms with E-state index in [2.05, 4.69) is 5.32 Å². The van der Waals surface area contributed by atoms with Crippen molar-refractivity contribution in [3.8, 4) is 17.2 Å². The smallest absolute Gasteiger partial charge is 0.344 e. The second kappa shape index (κ2) is 9.68. The molecule has 0 aromatic heterocycles. The molecular weight excluding hydrogens is 374 g/mol. The van der Waals surface area contributed by atoms with Crippen LogP contribution in [0.4, 0.5) is 5.69 Å². The molecule has 0 radical (unpaired) electrons. The first-order valence-corrected chi connectivity index (χ1v) is 8.41. The summed E-state index contributed by atoms with van der Waals surface area (Å²) in [4.78, 5) is 24.1. The van der Waals surface area contributed by atoms with Gasteiger partial charge in [0.25, 0.3) is 5.91 Å². The van der Waals surface area contributed by atoms with Gasteiger partial charge in [0.2, 0.25) is 0 Å². The Morgan fingerprint density at radius 2 is 1.81 bits per heavy atom. The summed E-state index contributed by atoms with van der Waals surface area (Å²) < 4.78 is 20.7. The van der Waals surface area contributed by atoms with Crippen LogP contribution in [0.5, 0.6) is 17.2 Å². The Morgan fingerprint density at radius 1 is 1.07 bits per heavy atom. The van der Waals surface area contributed by atoms with Crippen LogP contribution in [0.15, 0.2) is 42.5 Å². The van der Waals surface area contributed by atoms with Gasteiger partial charge < -0.3 is 24.3 Å². The molecule has 0 aliphatic carbocycles. The third-order valence-electron chi connectivity index (χ3n) is 3.48. The standard InChI is InChI=1S/C19H20ClNO6/c1-12(27-18(22)11-26-15-6-4-5-13(20)9-15)19(23)21-14-7-8-16(24-2)17(10-14)25-3/h4-10,12H,11H2,1-3H3,(H,21,23)/t12-/m1/s1. The van der Waals surface area contributed by atoms with Gasteiger partial charge in [0.1, 0.15) is 5.75 Å². The van der Waals surface area contributed by atoms with Crippen molar-refractivity contribution >= 4 is 29.2 Å². The number of nitrogens with one attached hydrogen (secondary N) is 1. The largest absolute Gasteiger partial charge is 0.493 e. The van der Waals surface area contributed by atoms with Crippen LogP contribution in [0.2, 0.25) is 5.02 Å². The predicted molar refractivity (Wildman–Crippen MR) is 101 cm³/mol. The Kier molecular flexibility index (Phi) is 7.31. The summed E-state index contributed by atoms with van der Waals surface area (Å²) in [6.45, 7) is 1.13. The number of amides is 1. The number of carbonyl (C=O) groups is 2. The number of hydrogen-bond donors (Lipinski definition) is 1. The fourth-order valence-electron chi connectivity index (χ4n) is 2.14. The molecule has 2 aromatic rings. The zero-order valence-corrected chi connectivity index (χ0v) is 15.9. The van der Waals surface area contributed by atoms with Crippen LogP contribution < -0.4 is 19.5 Å². The lowest BCUT2D eigenvalue weighted by molar-refractivity contribution is -0.155. The minimum absolute atomic E-state index is 0.339. The quantitative estimate of drug-likeness (QED) is 0.693. The van der Waals surface area contributed by atoms with Gasteiger partial charge in [-0.05, 0) is 37.3 Å². The molecule has 0 bridgehead atoms. The fourth-order valence-corrected chi connectivity index (χ4v) is 2.32. The van der Waals surface area contributed by atoms with Crippen LogP contribution in [0.25, 0.3) is 0 Å². The van der Waals surface area contributed by atoms with Gasteiger partial charge in [-0.25, -0.2) is 4.79 Å². The molecular formula is C19H20ClNO6. The average Bonchev–Trinajstić information content (AvgIpc) is 2.66. The van der Waals surface area contributed by atoms with Gasteiger partial charge in [0, 0.05) is 16.8 Å². The molecule has 0 heterocycles. The molecule has 27 heavy (non-hydrogen) atoms. The molecule has 2 rings (SSSR count). The van der Waals surface area contributed by atoms with Crippen molar-refractivity contribution in [2.45, 2.75) is 13.0 Å². The molecule has 0 aliphatic heterocycles. The summed E-state index contributed by atoms with van der Waals surface area (Å²) in [5.41, 5.74) is 0.482. The zero-order chi connectivity index (χ0) is 19.8. The van der Waals surface area contributed by atoms with Crippen molar-refractivity contribution in [1.29, 1.82) is 0 Å². The summed E-state index contributed by atoms with van der Waals surface area (Å²) in [5.74, 6) is 0.271. The molecule has 144 valence electrons. The van der Waals surface area contributed by atoms with Crippen molar-refractivity contribution in [1.82, 2.24) is 0 Å². The minimum Gasteiger partial charge on any atom is -0.493 e. The highest BCUT2D eigenvalue weighted by Gasteiger charge is 2.19. The summed E-state index contributed by atoms with van der Waals surface area (Å²) in [6.07, 6.45) is -1.01. The molecule has 0 unspecified atom stereocenters. The van der Waals surface area contributed by atoms with Crippen molar-refractivity contribution in [2.75, 3.05) is 26.1 Å². The SMILES string of the molecule is COc1ccc(NC(=O)[C@@H](C)OC(=O)COc2cccc(Cl)c2)cc1OC. The Balaban J connectivity index is 1.86. The third-order valence-corrected chi connectivity index (χ3v) is 3.72. The van der Waals surface area contributed by atoms with Gasteiger partial charge in [-0.1, -0.05) is 17.7 Å². The van der Waals surface area contributed by atoms with Crippen LogP contribution in [-0.4, -0.2) is 38.8 Å². The molecule has 0 fully saturated rings. The first-order valence-electron chi connectivity index (χ1n) is 8.03. The third kappa shape index (κ3) is 6.07. The Hall–Kier alpha value is -2.93. The molecule has 0 saturated carbocycles. The van der Waals surface area contributed by atoms with E-state index < -0.39 is 18.0 Å². The van der Waals surface area contributed by atoms with Gasteiger partial charge in [-0.2, -0.15) is 0 Å². The maximum atomic E-state index is 12.2. The van der Waals surface area contributed by atoms with Crippen LogP contribution in [0.1, 0.15) is 6.92 Å². The normalized spacial score (nSPS) is 11.3. The van der Waals surface area contributed by atoms with Crippen molar-refractivity contribution in [2.24, 2.45) is 0 Å². The first-order chi connectivity index (χ1) is 12.9. The molecule has 1 amide bonds. The summed E-state index contributed by atoms with van der Waals surface area (Å²) in [6, 6.07) is 11.5. The Morgan fingerprint density at radius 3 is 2.48 bits per heavy atom. The molecule has 0 saturated heterocycles. The van der Waals surface area contributed by atoms with E-state index >= 15 is 0 Å². The van der Waals surface area contributed by atoms with Crippen molar-refractivity contribution in [3.63, 3.8) is 0 Å². The van der Waals surface area contributed by atoms with E-state index in [1.54, 1.807) is 42.5 Å². The van der Waals surface area contributed by atoms with E-state index in [1.165, 1.54) is 21.1 Å². The number of hydrogen-bond acceptors (Lipinski definition) is 6. The molecule has 0 spiro atoms. The van der Waals surface area contributed by atoms with Crippen LogP contribution in [-0.2, 0) is 14.3 Å². The number of carbonyl (C=O) groups excluding carboxylic acids is 2. The number of esters is 1. The number of anilines is 1. The van der Waals surface area contributed by atoms with Gasteiger partial charge in [-0.3, -0.25) is 4.79 Å². The van der Waals surface area contributed by atoms with Crippen molar-refractivity contribution < 1.29 is 28.5 Å². The van der Waals surface area contributed by atoms with Crippen molar-refractivity contribution in [3.05, 3.63) is 47.5 Å². The fraction of sp³-hybridized carbons (Fsp3) is 0.263. The minimum atomic E-state index is -1.01. The van der Waals surface area contributed by atoms with Gasteiger partial charge in [0.05, 0.1) is 14.2 Å². The second-order valence-corrected chi connectivity index (χ2v) is 5.87. The maximum absolute atomic E-state index is 12.2. The molecule has 2 aromatic carbocycles. The molecule has 7 nitrogen and oxygen atoms in total. The number of halogens is 1. The van der Waals surface area contributed by atoms with E-state index in [4.69, 9.17) is 30.5 Å². The lowest BCUT2D eigenvalue weighted by Gasteiger charge is -2.15. The van der Waals surface area contributed by atoms with E-state index in [9.17, 15) is 9.59 Å². The number of ether oxygens (including phenoxy) is 4. The molecule has 8 heteroatoms. The number of methoxy groups -OCH3 is 2. The Bertz CT molecular complexity index is 811. The predicted octanol–water partition coefficient (Wildman–Crippen LogP) is 3.31. The van der Waals surface area contributed by atoms with E-state index in [0.29, 0.717) is 28.0 Å². The monoisotopic (exact) mass is 393 g/mol. The van der Waals surface area contributed by atoms with E-state index in [0.717, 1.165) is 0 Å². The van der Waals surface area contributed by atoms with Crippen LogP contribution in [0.3, 0.4) is 0 Å². The average molecular weight is 394 g/mol. The van der Waals surface area contributed by atoms with E-state index in [1.807, 2.05) is 0 Å². The number of benzene rings is 2. The number of rotatable bonds is 8. The highest BCUT2D eigenvalue weighted by atomic mass is 35.5. The van der Waals surface area contributed by atoms with E-state index in [-0.39, 0.29) is 6.61 Å². The van der Waals surface area contributed by atoms with Gasteiger partial charge in [0.15, 0.2) is 24.2 Å².